The average molecular weight is 345 g/mol. The zero-order chi connectivity index (χ0) is 17.1. The van der Waals surface area contributed by atoms with E-state index in [1.54, 1.807) is 0 Å². The molecule has 0 unspecified atom stereocenters. The highest BCUT2D eigenvalue weighted by Gasteiger charge is 2.11. The van der Waals surface area contributed by atoms with E-state index in [9.17, 15) is 14.9 Å². The number of benzene rings is 2. The summed E-state index contributed by atoms with van der Waals surface area (Å²) in [6, 6.07) is 15.0. The summed E-state index contributed by atoms with van der Waals surface area (Å²) < 4.78 is 1.43. The summed E-state index contributed by atoms with van der Waals surface area (Å²) >= 11 is 6.04. The number of hydrogen-bond donors (Lipinski definition) is 2. The Balaban J connectivity index is 1.84. The summed E-state index contributed by atoms with van der Waals surface area (Å²) in [6.45, 7) is 0.393. The topological polar surface area (TPSA) is 93.0 Å². The maximum Gasteiger partial charge on any atom is 0.271 e. The fourth-order valence-corrected chi connectivity index (χ4v) is 2.41. The standard InChI is InChI=1S/C16H13ClN4O3/c17-13-7-6-12(21(23)24)8-14(13)18-15-9-16(22)20(19-15)10-11-4-2-1-3-5-11/h1-9,18-19H,10H2. The number of rotatable bonds is 5. The number of nitrogens with zero attached hydrogens (tertiary/aromatic N) is 2. The van der Waals surface area contributed by atoms with Gasteiger partial charge in [-0.15, -0.1) is 0 Å². The third-order valence-corrected chi connectivity index (χ3v) is 3.73. The summed E-state index contributed by atoms with van der Waals surface area (Å²) in [5.41, 5.74) is 1.01. The molecule has 0 aliphatic heterocycles. The Bertz CT molecular complexity index is 934. The van der Waals surface area contributed by atoms with E-state index in [0.29, 0.717) is 23.1 Å². The van der Waals surface area contributed by atoms with Crippen LogP contribution in [-0.4, -0.2) is 14.7 Å². The van der Waals surface area contributed by atoms with Crippen LogP contribution >= 0.6 is 11.6 Å². The number of aromatic nitrogens is 2. The minimum absolute atomic E-state index is 0.0898. The van der Waals surface area contributed by atoms with E-state index >= 15 is 0 Å². The number of anilines is 2. The lowest BCUT2D eigenvalue weighted by molar-refractivity contribution is -0.384. The lowest BCUT2D eigenvalue weighted by Gasteiger charge is -2.06. The van der Waals surface area contributed by atoms with Crippen molar-refractivity contribution in [3.8, 4) is 0 Å². The molecule has 0 aliphatic carbocycles. The molecule has 0 bridgehead atoms. The molecule has 3 aromatic rings. The van der Waals surface area contributed by atoms with Crippen molar-refractivity contribution < 1.29 is 4.92 Å². The minimum atomic E-state index is -0.509. The van der Waals surface area contributed by atoms with Crippen molar-refractivity contribution in [3.05, 3.63) is 85.7 Å². The van der Waals surface area contributed by atoms with E-state index in [1.165, 1.54) is 28.9 Å². The Morgan fingerprint density at radius 1 is 1.17 bits per heavy atom. The van der Waals surface area contributed by atoms with Crippen LogP contribution in [0, 0.1) is 10.1 Å². The highest BCUT2D eigenvalue weighted by molar-refractivity contribution is 6.33. The van der Waals surface area contributed by atoms with Gasteiger partial charge in [-0.2, -0.15) is 0 Å². The largest absolute Gasteiger partial charge is 0.339 e. The van der Waals surface area contributed by atoms with Crippen molar-refractivity contribution in [2.45, 2.75) is 6.54 Å². The van der Waals surface area contributed by atoms with Crippen molar-refractivity contribution >= 4 is 28.8 Å². The van der Waals surface area contributed by atoms with Crippen LogP contribution in [0.15, 0.2) is 59.4 Å². The first-order valence-electron chi connectivity index (χ1n) is 7.07. The smallest absolute Gasteiger partial charge is 0.271 e. The van der Waals surface area contributed by atoms with Gasteiger partial charge in [-0.25, -0.2) is 4.68 Å². The predicted molar refractivity (Wildman–Crippen MR) is 92.0 cm³/mol. The Hall–Kier alpha value is -3.06. The fraction of sp³-hybridized carbons (Fsp3) is 0.0625. The summed E-state index contributed by atoms with van der Waals surface area (Å²) in [4.78, 5) is 22.4. The van der Waals surface area contributed by atoms with Gasteiger partial charge in [0, 0.05) is 18.2 Å². The van der Waals surface area contributed by atoms with E-state index in [2.05, 4.69) is 10.4 Å². The fourth-order valence-electron chi connectivity index (χ4n) is 2.25. The first-order valence-corrected chi connectivity index (χ1v) is 7.45. The molecule has 0 fully saturated rings. The van der Waals surface area contributed by atoms with Crippen LogP contribution in [0.1, 0.15) is 5.56 Å². The Kier molecular flexibility index (Phi) is 4.35. The highest BCUT2D eigenvalue weighted by Crippen LogP contribution is 2.28. The molecule has 0 atom stereocenters. The van der Waals surface area contributed by atoms with Crippen LogP contribution in [0.2, 0.25) is 5.02 Å². The van der Waals surface area contributed by atoms with E-state index in [4.69, 9.17) is 11.6 Å². The van der Waals surface area contributed by atoms with Crippen molar-refractivity contribution in [3.63, 3.8) is 0 Å². The Morgan fingerprint density at radius 2 is 1.92 bits per heavy atom. The third kappa shape index (κ3) is 3.47. The maximum absolute atomic E-state index is 12.0. The van der Waals surface area contributed by atoms with Gasteiger partial charge in [0.05, 0.1) is 22.2 Å². The number of nitrogens with one attached hydrogen (secondary N) is 2. The van der Waals surface area contributed by atoms with Gasteiger partial charge in [-0.3, -0.25) is 20.0 Å². The van der Waals surface area contributed by atoms with E-state index < -0.39 is 4.92 Å². The van der Waals surface area contributed by atoms with Crippen LogP contribution in [0.4, 0.5) is 17.2 Å². The molecule has 1 heterocycles. The van der Waals surface area contributed by atoms with E-state index in [-0.39, 0.29) is 11.2 Å². The van der Waals surface area contributed by atoms with Gasteiger partial charge in [0.25, 0.3) is 11.2 Å². The predicted octanol–water partition coefficient (Wildman–Crippen LogP) is 3.53. The van der Waals surface area contributed by atoms with E-state index in [0.717, 1.165) is 5.56 Å². The Labute approximate surface area is 141 Å². The second-order valence-corrected chi connectivity index (χ2v) is 5.53. The number of halogens is 1. The number of nitro groups is 1. The zero-order valence-electron chi connectivity index (χ0n) is 12.4. The molecule has 3 rings (SSSR count). The van der Waals surface area contributed by atoms with Gasteiger partial charge in [0.1, 0.15) is 5.82 Å². The monoisotopic (exact) mass is 344 g/mol. The van der Waals surface area contributed by atoms with Crippen molar-refractivity contribution in [2.24, 2.45) is 0 Å². The molecule has 0 spiro atoms. The molecule has 122 valence electrons. The quantitative estimate of drug-likeness (QED) is 0.547. The zero-order valence-corrected chi connectivity index (χ0v) is 13.2. The van der Waals surface area contributed by atoms with Crippen molar-refractivity contribution in [1.29, 1.82) is 0 Å². The molecule has 0 aliphatic rings. The van der Waals surface area contributed by atoms with Crippen molar-refractivity contribution in [2.75, 3.05) is 5.32 Å². The maximum atomic E-state index is 12.0. The SMILES string of the molecule is O=c1cc(Nc2cc([N+](=O)[O-])ccc2Cl)[nH]n1Cc1ccccc1. The van der Waals surface area contributed by atoms with E-state index in [1.807, 2.05) is 30.3 Å². The number of aromatic amines is 1. The molecule has 1 aromatic heterocycles. The average Bonchev–Trinajstić information content (AvgIpc) is 2.90. The normalized spacial score (nSPS) is 10.5. The first kappa shape index (κ1) is 15.8. The summed E-state index contributed by atoms with van der Waals surface area (Å²) in [7, 11) is 0. The lowest BCUT2D eigenvalue weighted by atomic mass is 10.2. The molecular formula is C16H13ClN4O3. The van der Waals surface area contributed by atoms with Crippen LogP contribution in [-0.2, 0) is 6.54 Å². The third-order valence-electron chi connectivity index (χ3n) is 3.40. The molecule has 0 saturated carbocycles. The molecule has 2 aromatic carbocycles. The van der Waals surface area contributed by atoms with Gasteiger partial charge in [0.2, 0.25) is 0 Å². The van der Waals surface area contributed by atoms with Crippen LogP contribution in [0.3, 0.4) is 0 Å². The molecule has 7 nitrogen and oxygen atoms in total. The summed E-state index contributed by atoms with van der Waals surface area (Å²) in [5, 5.41) is 17.0. The summed E-state index contributed by atoms with van der Waals surface area (Å²) in [6.07, 6.45) is 0. The van der Waals surface area contributed by atoms with Crippen molar-refractivity contribution in [1.82, 2.24) is 9.78 Å². The Morgan fingerprint density at radius 3 is 2.62 bits per heavy atom. The number of H-pyrrole nitrogens is 1. The van der Waals surface area contributed by atoms with Crippen LogP contribution in [0.5, 0.6) is 0 Å². The minimum Gasteiger partial charge on any atom is -0.339 e. The second kappa shape index (κ2) is 6.59. The highest BCUT2D eigenvalue weighted by atomic mass is 35.5. The lowest BCUT2D eigenvalue weighted by Crippen LogP contribution is -2.16. The van der Waals surface area contributed by atoms with Gasteiger partial charge in [0.15, 0.2) is 0 Å². The van der Waals surface area contributed by atoms with Crippen LogP contribution in [0.25, 0.3) is 0 Å². The van der Waals surface area contributed by atoms with Gasteiger partial charge in [-0.1, -0.05) is 41.9 Å². The molecule has 0 amide bonds. The number of nitro benzene ring substituents is 1. The van der Waals surface area contributed by atoms with Crippen LogP contribution < -0.4 is 10.9 Å². The molecule has 8 heteroatoms. The number of non-ortho nitro benzene ring substituents is 1. The van der Waals surface area contributed by atoms with Gasteiger partial charge >= 0.3 is 0 Å². The molecule has 0 radical (unpaired) electrons. The first-order chi connectivity index (χ1) is 11.5. The molecule has 2 N–H and O–H groups in total. The number of hydrogen-bond acceptors (Lipinski definition) is 4. The molecule has 0 saturated heterocycles. The molecular weight excluding hydrogens is 332 g/mol. The molecule has 24 heavy (non-hydrogen) atoms. The second-order valence-electron chi connectivity index (χ2n) is 5.13. The van der Waals surface area contributed by atoms with Gasteiger partial charge < -0.3 is 5.32 Å². The summed E-state index contributed by atoms with van der Waals surface area (Å²) in [5.74, 6) is 0.401. The van der Waals surface area contributed by atoms with Gasteiger partial charge in [-0.05, 0) is 11.6 Å².